The lowest BCUT2D eigenvalue weighted by atomic mass is 9.93. The van der Waals surface area contributed by atoms with Crippen molar-refractivity contribution in [3.8, 4) is 0 Å². The van der Waals surface area contributed by atoms with Crippen molar-refractivity contribution in [3.63, 3.8) is 0 Å². The van der Waals surface area contributed by atoms with Gasteiger partial charge in [0.2, 0.25) is 5.91 Å². The number of carbonyl (C=O) groups is 1. The molecule has 2 aliphatic rings. The minimum atomic E-state index is 0.00965. The predicted molar refractivity (Wildman–Crippen MR) is 92.6 cm³/mol. The standard InChI is InChI=1S/C19H28N2O3/c22-19(20-13-18-15-23-10-11-24-18)12-16-6-8-21(9-7-16)14-17-4-2-1-3-5-17/h1-5,16,18H,6-15H2,(H,20,22)/t18-/m0/s1. The lowest BCUT2D eigenvalue weighted by Crippen LogP contribution is -2.41. The average molecular weight is 332 g/mol. The Bertz CT molecular complexity index is 495. The van der Waals surface area contributed by atoms with Gasteiger partial charge in [0.1, 0.15) is 0 Å². The predicted octanol–water partition coefficient (Wildman–Crippen LogP) is 1.82. The number of nitrogens with one attached hydrogen (secondary N) is 1. The van der Waals surface area contributed by atoms with Crippen molar-refractivity contribution in [2.24, 2.45) is 5.92 Å². The first-order chi connectivity index (χ1) is 11.8. The zero-order valence-corrected chi connectivity index (χ0v) is 14.3. The van der Waals surface area contributed by atoms with Crippen LogP contribution in [0.2, 0.25) is 0 Å². The highest BCUT2D eigenvalue weighted by molar-refractivity contribution is 5.76. The first-order valence-electron chi connectivity index (χ1n) is 9.02. The Kier molecular flexibility index (Phi) is 6.64. The third-order valence-corrected chi connectivity index (χ3v) is 4.84. The number of rotatable bonds is 6. The van der Waals surface area contributed by atoms with Crippen molar-refractivity contribution >= 4 is 5.91 Å². The molecule has 2 aliphatic heterocycles. The summed E-state index contributed by atoms with van der Waals surface area (Å²) >= 11 is 0. The topological polar surface area (TPSA) is 50.8 Å². The van der Waals surface area contributed by atoms with Gasteiger partial charge in [0.25, 0.3) is 0 Å². The zero-order chi connectivity index (χ0) is 16.6. The van der Waals surface area contributed by atoms with Crippen molar-refractivity contribution in [1.82, 2.24) is 10.2 Å². The van der Waals surface area contributed by atoms with E-state index >= 15 is 0 Å². The molecule has 0 radical (unpaired) electrons. The number of piperidine rings is 1. The number of hydrogen-bond donors (Lipinski definition) is 1. The van der Waals surface area contributed by atoms with Crippen molar-refractivity contribution in [1.29, 1.82) is 0 Å². The van der Waals surface area contributed by atoms with Gasteiger partial charge in [-0.25, -0.2) is 0 Å². The van der Waals surface area contributed by atoms with Crippen LogP contribution >= 0.6 is 0 Å². The Balaban J connectivity index is 1.32. The van der Waals surface area contributed by atoms with Gasteiger partial charge in [-0.15, -0.1) is 0 Å². The van der Waals surface area contributed by atoms with E-state index in [1.165, 1.54) is 5.56 Å². The molecule has 1 atom stereocenters. The Morgan fingerprint density at radius 3 is 2.67 bits per heavy atom. The van der Waals surface area contributed by atoms with Gasteiger partial charge in [-0.3, -0.25) is 9.69 Å². The lowest BCUT2D eigenvalue weighted by molar-refractivity contribution is -0.125. The summed E-state index contributed by atoms with van der Waals surface area (Å²) in [4.78, 5) is 14.6. The molecule has 0 spiro atoms. The Morgan fingerprint density at radius 1 is 1.17 bits per heavy atom. The molecular formula is C19H28N2O3. The third-order valence-electron chi connectivity index (χ3n) is 4.84. The van der Waals surface area contributed by atoms with Gasteiger partial charge in [-0.2, -0.15) is 0 Å². The summed E-state index contributed by atoms with van der Waals surface area (Å²) < 4.78 is 10.9. The maximum Gasteiger partial charge on any atom is 0.220 e. The summed E-state index contributed by atoms with van der Waals surface area (Å²) in [6.45, 7) is 5.59. The molecule has 0 aromatic heterocycles. The first-order valence-corrected chi connectivity index (χ1v) is 9.02. The normalized spacial score (nSPS) is 23.1. The monoisotopic (exact) mass is 332 g/mol. The molecule has 3 rings (SSSR count). The van der Waals surface area contributed by atoms with Crippen LogP contribution in [0, 0.1) is 5.92 Å². The van der Waals surface area contributed by atoms with Gasteiger partial charge in [-0.1, -0.05) is 30.3 Å². The second-order valence-corrected chi connectivity index (χ2v) is 6.78. The number of hydrogen-bond acceptors (Lipinski definition) is 4. The van der Waals surface area contributed by atoms with Gasteiger partial charge in [-0.05, 0) is 37.4 Å². The van der Waals surface area contributed by atoms with E-state index in [0.29, 0.717) is 38.7 Å². The lowest BCUT2D eigenvalue weighted by Gasteiger charge is -2.31. The van der Waals surface area contributed by atoms with Crippen LogP contribution in [0.1, 0.15) is 24.8 Å². The summed E-state index contributed by atoms with van der Waals surface area (Å²) in [6, 6.07) is 10.6. The maximum atomic E-state index is 12.1. The van der Waals surface area contributed by atoms with E-state index in [-0.39, 0.29) is 12.0 Å². The molecule has 2 saturated heterocycles. The zero-order valence-electron chi connectivity index (χ0n) is 14.3. The molecule has 1 aromatic rings. The van der Waals surface area contributed by atoms with E-state index in [0.717, 1.165) is 32.5 Å². The van der Waals surface area contributed by atoms with Gasteiger partial charge in [0.05, 0.1) is 25.9 Å². The number of carbonyl (C=O) groups excluding carboxylic acids is 1. The Morgan fingerprint density at radius 2 is 1.96 bits per heavy atom. The number of ether oxygens (including phenoxy) is 2. The van der Waals surface area contributed by atoms with E-state index in [1.807, 2.05) is 0 Å². The molecule has 0 saturated carbocycles. The van der Waals surface area contributed by atoms with Gasteiger partial charge >= 0.3 is 0 Å². The molecule has 1 N–H and O–H groups in total. The Labute approximate surface area is 144 Å². The molecular weight excluding hydrogens is 304 g/mol. The molecule has 5 heteroatoms. The number of nitrogens with zero attached hydrogens (tertiary/aromatic N) is 1. The smallest absolute Gasteiger partial charge is 0.220 e. The molecule has 24 heavy (non-hydrogen) atoms. The van der Waals surface area contributed by atoms with E-state index in [2.05, 4.69) is 40.5 Å². The summed E-state index contributed by atoms with van der Waals surface area (Å²) in [5.41, 5.74) is 1.36. The molecule has 0 bridgehead atoms. The van der Waals surface area contributed by atoms with Crippen LogP contribution in [-0.2, 0) is 20.8 Å². The number of amides is 1. The van der Waals surface area contributed by atoms with Gasteiger partial charge in [0.15, 0.2) is 0 Å². The largest absolute Gasteiger partial charge is 0.376 e. The van der Waals surface area contributed by atoms with Crippen LogP contribution in [0.5, 0.6) is 0 Å². The van der Waals surface area contributed by atoms with E-state index in [4.69, 9.17) is 9.47 Å². The number of benzene rings is 1. The van der Waals surface area contributed by atoms with Crippen LogP contribution in [0.3, 0.4) is 0 Å². The second kappa shape index (κ2) is 9.16. The van der Waals surface area contributed by atoms with Crippen LogP contribution in [0.25, 0.3) is 0 Å². The average Bonchev–Trinajstić information content (AvgIpc) is 2.63. The highest BCUT2D eigenvalue weighted by atomic mass is 16.6. The Hall–Kier alpha value is -1.43. The summed E-state index contributed by atoms with van der Waals surface area (Å²) in [5, 5.41) is 2.99. The van der Waals surface area contributed by atoms with Gasteiger partial charge in [0, 0.05) is 19.5 Å². The fourth-order valence-corrected chi connectivity index (χ4v) is 3.41. The van der Waals surface area contributed by atoms with Crippen LogP contribution < -0.4 is 5.32 Å². The summed E-state index contributed by atoms with van der Waals surface area (Å²) in [6.07, 6.45) is 2.84. The van der Waals surface area contributed by atoms with E-state index in [9.17, 15) is 4.79 Å². The quantitative estimate of drug-likeness (QED) is 0.863. The highest BCUT2D eigenvalue weighted by Crippen LogP contribution is 2.21. The van der Waals surface area contributed by atoms with Crippen molar-refractivity contribution in [2.75, 3.05) is 39.5 Å². The molecule has 2 fully saturated rings. The molecule has 5 nitrogen and oxygen atoms in total. The second-order valence-electron chi connectivity index (χ2n) is 6.78. The number of likely N-dealkylation sites (tertiary alicyclic amines) is 1. The summed E-state index contributed by atoms with van der Waals surface area (Å²) in [7, 11) is 0. The highest BCUT2D eigenvalue weighted by Gasteiger charge is 2.22. The fourth-order valence-electron chi connectivity index (χ4n) is 3.41. The molecule has 2 heterocycles. The van der Waals surface area contributed by atoms with Crippen molar-refractivity contribution in [3.05, 3.63) is 35.9 Å². The first kappa shape index (κ1) is 17.4. The van der Waals surface area contributed by atoms with Crippen molar-refractivity contribution in [2.45, 2.75) is 31.9 Å². The molecule has 132 valence electrons. The van der Waals surface area contributed by atoms with E-state index in [1.54, 1.807) is 0 Å². The van der Waals surface area contributed by atoms with E-state index < -0.39 is 0 Å². The molecule has 0 aliphatic carbocycles. The third kappa shape index (κ3) is 5.58. The maximum absolute atomic E-state index is 12.1. The molecule has 1 amide bonds. The van der Waals surface area contributed by atoms with Crippen LogP contribution in [-0.4, -0.2) is 56.4 Å². The van der Waals surface area contributed by atoms with Gasteiger partial charge < -0.3 is 14.8 Å². The SMILES string of the molecule is O=C(CC1CCN(Cc2ccccc2)CC1)NC[C@H]1COCCO1. The minimum absolute atomic E-state index is 0.00965. The molecule has 1 aromatic carbocycles. The summed E-state index contributed by atoms with van der Waals surface area (Å²) in [5.74, 6) is 0.645. The van der Waals surface area contributed by atoms with Crippen molar-refractivity contribution < 1.29 is 14.3 Å². The fraction of sp³-hybridized carbons (Fsp3) is 0.632. The van der Waals surface area contributed by atoms with Crippen LogP contribution in [0.15, 0.2) is 30.3 Å². The minimum Gasteiger partial charge on any atom is -0.376 e. The molecule has 0 unspecified atom stereocenters. The van der Waals surface area contributed by atoms with Crippen LogP contribution in [0.4, 0.5) is 0 Å².